The SMILES string of the molecule is CCN(CC)CCOc1ccccc1CNC(=O)C1CCCCC1(C)N. The molecule has 1 amide bonds. The number of rotatable bonds is 9. The maximum Gasteiger partial charge on any atom is 0.225 e. The average molecular weight is 362 g/mol. The van der Waals surface area contributed by atoms with Crippen LogP contribution in [0.4, 0.5) is 0 Å². The molecule has 1 aliphatic carbocycles. The zero-order chi connectivity index (χ0) is 19.0. The van der Waals surface area contributed by atoms with Crippen molar-refractivity contribution in [3.05, 3.63) is 29.8 Å². The summed E-state index contributed by atoms with van der Waals surface area (Å²) in [5, 5.41) is 3.08. The van der Waals surface area contributed by atoms with Gasteiger partial charge in [0.25, 0.3) is 0 Å². The zero-order valence-corrected chi connectivity index (χ0v) is 16.6. The first-order valence-electron chi connectivity index (χ1n) is 9.97. The molecule has 1 fully saturated rings. The highest BCUT2D eigenvalue weighted by molar-refractivity contribution is 5.80. The Labute approximate surface area is 158 Å². The highest BCUT2D eigenvalue weighted by Gasteiger charge is 2.37. The van der Waals surface area contributed by atoms with Crippen molar-refractivity contribution in [2.24, 2.45) is 11.7 Å². The Kier molecular flexibility index (Phi) is 7.91. The van der Waals surface area contributed by atoms with E-state index in [2.05, 4.69) is 24.1 Å². The Morgan fingerprint density at radius 1 is 1.31 bits per heavy atom. The second kappa shape index (κ2) is 9.93. The number of amides is 1. The van der Waals surface area contributed by atoms with Gasteiger partial charge in [-0.3, -0.25) is 4.79 Å². The number of ether oxygens (including phenoxy) is 1. The number of nitrogens with one attached hydrogen (secondary N) is 1. The smallest absolute Gasteiger partial charge is 0.225 e. The van der Waals surface area contributed by atoms with Gasteiger partial charge in [-0.15, -0.1) is 0 Å². The van der Waals surface area contributed by atoms with Crippen LogP contribution >= 0.6 is 0 Å². The number of nitrogens with zero attached hydrogens (tertiary/aromatic N) is 1. The summed E-state index contributed by atoms with van der Waals surface area (Å²) >= 11 is 0. The lowest BCUT2D eigenvalue weighted by Crippen LogP contribution is -2.52. The van der Waals surface area contributed by atoms with Gasteiger partial charge >= 0.3 is 0 Å². The molecule has 1 aliphatic rings. The van der Waals surface area contributed by atoms with E-state index in [-0.39, 0.29) is 11.8 Å². The highest BCUT2D eigenvalue weighted by atomic mass is 16.5. The van der Waals surface area contributed by atoms with Crippen molar-refractivity contribution in [3.63, 3.8) is 0 Å². The normalized spacial score (nSPS) is 23.0. The van der Waals surface area contributed by atoms with Gasteiger partial charge < -0.3 is 20.7 Å². The minimum absolute atomic E-state index is 0.0626. The van der Waals surface area contributed by atoms with Gasteiger partial charge in [0.1, 0.15) is 12.4 Å². The van der Waals surface area contributed by atoms with Crippen LogP contribution in [-0.4, -0.2) is 42.6 Å². The molecule has 5 heteroatoms. The first-order valence-corrected chi connectivity index (χ1v) is 9.97. The third-order valence-electron chi connectivity index (χ3n) is 5.56. The van der Waals surface area contributed by atoms with Crippen molar-refractivity contribution in [1.29, 1.82) is 0 Å². The number of nitrogens with two attached hydrogens (primary N) is 1. The topological polar surface area (TPSA) is 67.6 Å². The quantitative estimate of drug-likeness (QED) is 0.710. The van der Waals surface area contributed by atoms with Gasteiger partial charge in [-0.05, 0) is 38.9 Å². The molecule has 3 N–H and O–H groups in total. The third-order valence-corrected chi connectivity index (χ3v) is 5.56. The summed E-state index contributed by atoms with van der Waals surface area (Å²) < 4.78 is 5.97. The minimum atomic E-state index is -0.401. The van der Waals surface area contributed by atoms with Crippen LogP contribution in [0.25, 0.3) is 0 Å². The molecule has 0 saturated heterocycles. The van der Waals surface area contributed by atoms with Gasteiger partial charge in [0.2, 0.25) is 5.91 Å². The molecule has 0 bridgehead atoms. The van der Waals surface area contributed by atoms with Crippen molar-refractivity contribution in [3.8, 4) is 5.75 Å². The van der Waals surface area contributed by atoms with Gasteiger partial charge in [-0.25, -0.2) is 0 Å². The summed E-state index contributed by atoms with van der Waals surface area (Å²) in [5.74, 6) is 0.804. The Bertz CT molecular complexity index is 570. The van der Waals surface area contributed by atoms with Crippen LogP contribution in [0, 0.1) is 5.92 Å². The van der Waals surface area contributed by atoms with E-state index < -0.39 is 5.54 Å². The van der Waals surface area contributed by atoms with Crippen LogP contribution in [-0.2, 0) is 11.3 Å². The first kappa shape index (κ1) is 20.7. The van der Waals surface area contributed by atoms with Gasteiger partial charge in [0, 0.05) is 24.2 Å². The van der Waals surface area contributed by atoms with Crippen LogP contribution < -0.4 is 15.8 Å². The molecule has 1 aromatic rings. The predicted octanol–water partition coefficient (Wildman–Crippen LogP) is 2.93. The monoisotopic (exact) mass is 361 g/mol. The maximum atomic E-state index is 12.6. The van der Waals surface area contributed by atoms with Crippen molar-refractivity contribution < 1.29 is 9.53 Å². The molecule has 2 rings (SSSR count). The third kappa shape index (κ3) is 5.71. The van der Waals surface area contributed by atoms with E-state index in [4.69, 9.17) is 10.5 Å². The Balaban J connectivity index is 1.90. The van der Waals surface area contributed by atoms with E-state index in [0.29, 0.717) is 13.2 Å². The summed E-state index contributed by atoms with van der Waals surface area (Å²) in [6.07, 6.45) is 3.98. The van der Waals surface area contributed by atoms with Gasteiger partial charge in [0.05, 0.1) is 5.92 Å². The molecule has 2 unspecified atom stereocenters. The number of hydrogen-bond acceptors (Lipinski definition) is 4. The van der Waals surface area contributed by atoms with Gasteiger partial charge in [0.15, 0.2) is 0 Å². The molecule has 0 aromatic heterocycles. The summed E-state index contributed by atoms with van der Waals surface area (Å²) in [6, 6.07) is 7.93. The largest absolute Gasteiger partial charge is 0.492 e. The molecule has 146 valence electrons. The lowest BCUT2D eigenvalue weighted by Gasteiger charge is -2.37. The maximum absolute atomic E-state index is 12.6. The van der Waals surface area contributed by atoms with E-state index >= 15 is 0 Å². The second-order valence-electron chi connectivity index (χ2n) is 7.51. The number of para-hydroxylation sites is 1. The molecule has 0 spiro atoms. The number of benzene rings is 1. The van der Waals surface area contributed by atoms with E-state index in [0.717, 1.165) is 56.6 Å². The van der Waals surface area contributed by atoms with Gasteiger partial charge in [-0.2, -0.15) is 0 Å². The second-order valence-corrected chi connectivity index (χ2v) is 7.51. The number of carbonyl (C=O) groups is 1. The fraction of sp³-hybridized carbons (Fsp3) is 0.667. The summed E-state index contributed by atoms with van der Waals surface area (Å²) in [4.78, 5) is 15.0. The van der Waals surface area contributed by atoms with Gasteiger partial charge in [-0.1, -0.05) is 44.9 Å². The predicted molar refractivity (Wildman–Crippen MR) is 106 cm³/mol. The molecule has 26 heavy (non-hydrogen) atoms. The Hall–Kier alpha value is -1.59. The van der Waals surface area contributed by atoms with Crippen molar-refractivity contribution in [1.82, 2.24) is 10.2 Å². The first-order chi connectivity index (χ1) is 12.5. The van der Waals surface area contributed by atoms with E-state index in [1.807, 2.05) is 31.2 Å². The van der Waals surface area contributed by atoms with Crippen molar-refractivity contribution in [2.45, 2.75) is 58.5 Å². The molecule has 0 radical (unpaired) electrons. The van der Waals surface area contributed by atoms with E-state index in [1.165, 1.54) is 0 Å². The van der Waals surface area contributed by atoms with E-state index in [9.17, 15) is 4.79 Å². The average Bonchev–Trinajstić information content (AvgIpc) is 2.63. The molecule has 1 aromatic carbocycles. The molecular weight excluding hydrogens is 326 g/mol. The molecule has 1 saturated carbocycles. The molecule has 2 atom stereocenters. The van der Waals surface area contributed by atoms with Crippen LogP contribution in [0.3, 0.4) is 0 Å². The summed E-state index contributed by atoms with van der Waals surface area (Å²) in [6.45, 7) is 10.4. The number of carbonyl (C=O) groups excluding carboxylic acids is 1. The van der Waals surface area contributed by atoms with Crippen LogP contribution in [0.5, 0.6) is 5.75 Å². The van der Waals surface area contributed by atoms with Crippen molar-refractivity contribution >= 4 is 5.91 Å². The highest BCUT2D eigenvalue weighted by Crippen LogP contribution is 2.31. The molecular formula is C21H35N3O2. The Morgan fingerprint density at radius 3 is 2.73 bits per heavy atom. The standard InChI is InChI=1S/C21H35N3O2/c1-4-24(5-2)14-15-26-19-12-7-6-10-17(19)16-23-20(25)18-11-8-9-13-21(18,3)22/h6-7,10,12,18H,4-5,8-9,11,13-16,22H2,1-3H3,(H,23,25). The summed E-state index contributed by atoms with van der Waals surface area (Å²) in [7, 11) is 0. The molecule has 5 nitrogen and oxygen atoms in total. The van der Waals surface area contributed by atoms with Crippen molar-refractivity contribution in [2.75, 3.05) is 26.2 Å². The lowest BCUT2D eigenvalue weighted by atomic mass is 9.74. The fourth-order valence-corrected chi connectivity index (χ4v) is 3.71. The number of hydrogen-bond donors (Lipinski definition) is 2. The fourth-order valence-electron chi connectivity index (χ4n) is 3.71. The van der Waals surface area contributed by atoms with Crippen LogP contribution in [0.15, 0.2) is 24.3 Å². The van der Waals surface area contributed by atoms with E-state index in [1.54, 1.807) is 0 Å². The zero-order valence-electron chi connectivity index (χ0n) is 16.6. The minimum Gasteiger partial charge on any atom is -0.492 e. The lowest BCUT2D eigenvalue weighted by molar-refractivity contribution is -0.128. The van der Waals surface area contributed by atoms with Crippen LogP contribution in [0.2, 0.25) is 0 Å². The van der Waals surface area contributed by atoms with Crippen LogP contribution in [0.1, 0.15) is 52.0 Å². The Morgan fingerprint density at radius 2 is 2.04 bits per heavy atom. The summed E-state index contributed by atoms with van der Waals surface area (Å²) in [5.41, 5.74) is 6.96. The number of likely N-dealkylation sites (N-methyl/N-ethyl adjacent to an activating group) is 1. The molecule has 0 aliphatic heterocycles. The molecule has 0 heterocycles.